The Kier molecular flexibility index (Phi) is 3.68. The monoisotopic (exact) mass is 287 g/mol. The molecule has 0 aromatic carbocycles. The molecule has 0 aliphatic heterocycles. The maximum Gasteiger partial charge on any atom is 0.109 e. The largest absolute Gasteiger partial charge is 0.330 e. The molecule has 2 N–H and O–H groups in total. The molecule has 0 saturated carbocycles. The molecule has 19 heavy (non-hydrogen) atoms. The number of rotatable bonds is 4. The Hall–Kier alpha value is -1.56. The predicted octanol–water partition coefficient (Wildman–Crippen LogP) is 3.43. The fourth-order valence-electron chi connectivity index (χ4n) is 1.85. The van der Waals surface area contributed by atoms with Gasteiger partial charge in [-0.3, -0.25) is 4.98 Å². The SMILES string of the molecule is NCCc1nc(-c2ccccn2)c(-c2cccs2)s1. The third-order valence-electron chi connectivity index (χ3n) is 2.68. The van der Waals surface area contributed by atoms with Gasteiger partial charge in [-0.1, -0.05) is 12.1 Å². The molecule has 0 spiro atoms. The summed E-state index contributed by atoms with van der Waals surface area (Å²) in [5, 5.41) is 3.16. The van der Waals surface area contributed by atoms with Crippen molar-refractivity contribution in [2.24, 2.45) is 5.73 Å². The molecular weight excluding hydrogens is 274 g/mol. The smallest absolute Gasteiger partial charge is 0.109 e. The molecule has 0 amide bonds. The van der Waals surface area contributed by atoms with E-state index in [-0.39, 0.29) is 0 Å². The van der Waals surface area contributed by atoms with Crippen LogP contribution < -0.4 is 5.73 Å². The van der Waals surface area contributed by atoms with E-state index in [1.165, 1.54) is 9.75 Å². The second-order valence-electron chi connectivity index (χ2n) is 4.02. The van der Waals surface area contributed by atoms with Gasteiger partial charge in [0.1, 0.15) is 5.69 Å². The lowest BCUT2D eigenvalue weighted by molar-refractivity contribution is 0.953. The molecule has 96 valence electrons. The van der Waals surface area contributed by atoms with Gasteiger partial charge in [-0.25, -0.2) is 4.98 Å². The summed E-state index contributed by atoms with van der Waals surface area (Å²) in [4.78, 5) is 11.5. The average molecular weight is 287 g/mol. The maximum atomic E-state index is 5.63. The lowest BCUT2D eigenvalue weighted by Crippen LogP contribution is -2.02. The van der Waals surface area contributed by atoms with Gasteiger partial charge >= 0.3 is 0 Å². The van der Waals surface area contributed by atoms with Gasteiger partial charge in [0.05, 0.1) is 15.6 Å². The quantitative estimate of drug-likeness (QED) is 0.799. The van der Waals surface area contributed by atoms with Crippen molar-refractivity contribution in [3.63, 3.8) is 0 Å². The molecule has 5 heteroatoms. The van der Waals surface area contributed by atoms with Gasteiger partial charge in [0.2, 0.25) is 0 Å². The average Bonchev–Trinajstić information content (AvgIpc) is 3.08. The van der Waals surface area contributed by atoms with Crippen molar-refractivity contribution >= 4 is 22.7 Å². The van der Waals surface area contributed by atoms with Crippen molar-refractivity contribution < 1.29 is 0 Å². The van der Waals surface area contributed by atoms with Gasteiger partial charge in [0.25, 0.3) is 0 Å². The molecule has 3 aromatic rings. The second kappa shape index (κ2) is 5.61. The molecule has 3 heterocycles. The van der Waals surface area contributed by atoms with E-state index in [0.29, 0.717) is 6.54 Å². The van der Waals surface area contributed by atoms with Crippen LogP contribution in [-0.2, 0) is 6.42 Å². The number of hydrogen-bond acceptors (Lipinski definition) is 5. The van der Waals surface area contributed by atoms with Crippen LogP contribution in [0.25, 0.3) is 21.1 Å². The highest BCUT2D eigenvalue weighted by Crippen LogP contribution is 2.38. The Morgan fingerprint density at radius 3 is 2.79 bits per heavy atom. The van der Waals surface area contributed by atoms with Crippen LogP contribution in [0.5, 0.6) is 0 Å². The van der Waals surface area contributed by atoms with Crippen LogP contribution in [0.3, 0.4) is 0 Å². The molecule has 0 radical (unpaired) electrons. The summed E-state index contributed by atoms with van der Waals surface area (Å²) in [5.74, 6) is 0. The number of thiazole rings is 1. The lowest BCUT2D eigenvalue weighted by atomic mass is 10.2. The predicted molar refractivity (Wildman–Crippen MR) is 81.4 cm³/mol. The Labute approximate surface area is 119 Å². The maximum absolute atomic E-state index is 5.63. The zero-order valence-corrected chi connectivity index (χ0v) is 11.9. The Morgan fingerprint density at radius 2 is 2.11 bits per heavy atom. The van der Waals surface area contributed by atoms with E-state index in [2.05, 4.69) is 22.5 Å². The van der Waals surface area contributed by atoms with Gasteiger partial charge < -0.3 is 5.73 Å². The second-order valence-corrected chi connectivity index (χ2v) is 6.05. The molecule has 0 unspecified atom stereocenters. The summed E-state index contributed by atoms with van der Waals surface area (Å²) in [6.07, 6.45) is 2.62. The van der Waals surface area contributed by atoms with Crippen molar-refractivity contribution in [3.05, 3.63) is 46.9 Å². The lowest BCUT2D eigenvalue weighted by Gasteiger charge is -1.98. The van der Waals surface area contributed by atoms with Crippen molar-refractivity contribution in [2.45, 2.75) is 6.42 Å². The molecule has 0 saturated heterocycles. The Bertz CT molecular complexity index is 645. The van der Waals surface area contributed by atoms with Crippen molar-refractivity contribution in [1.29, 1.82) is 0 Å². The minimum Gasteiger partial charge on any atom is -0.330 e. The fraction of sp³-hybridized carbons (Fsp3) is 0.143. The number of nitrogens with zero attached hydrogens (tertiary/aromatic N) is 2. The summed E-state index contributed by atoms with van der Waals surface area (Å²) in [7, 11) is 0. The molecule has 0 aliphatic rings. The van der Waals surface area contributed by atoms with Gasteiger partial charge in [-0.2, -0.15) is 0 Å². The molecule has 0 fully saturated rings. The normalized spacial score (nSPS) is 10.8. The van der Waals surface area contributed by atoms with Gasteiger partial charge in [0.15, 0.2) is 0 Å². The molecule has 3 aromatic heterocycles. The molecule has 0 aliphatic carbocycles. The highest BCUT2D eigenvalue weighted by molar-refractivity contribution is 7.21. The van der Waals surface area contributed by atoms with Crippen LogP contribution in [0, 0.1) is 0 Å². The first-order valence-electron chi connectivity index (χ1n) is 6.03. The van der Waals surface area contributed by atoms with E-state index in [1.807, 2.05) is 18.2 Å². The summed E-state index contributed by atoms with van der Waals surface area (Å²) in [6, 6.07) is 10.1. The zero-order valence-electron chi connectivity index (χ0n) is 10.2. The topological polar surface area (TPSA) is 51.8 Å². The number of pyridine rings is 1. The summed E-state index contributed by atoms with van der Waals surface area (Å²) < 4.78 is 0. The number of nitrogens with two attached hydrogens (primary N) is 1. The molecule has 0 bridgehead atoms. The van der Waals surface area contributed by atoms with Gasteiger partial charge in [0, 0.05) is 17.5 Å². The zero-order chi connectivity index (χ0) is 13.1. The first-order valence-corrected chi connectivity index (χ1v) is 7.73. The summed E-state index contributed by atoms with van der Waals surface area (Å²) >= 11 is 3.44. The van der Waals surface area contributed by atoms with Crippen LogP contribution in [0.2, 0.25) is 0 Å². The molecule has 3 rings (SSSR count). The number of hydrogen-bond donors (Lipinski definition) is 1. The standard InChI is InChI=1S/C14H13N3S2/c15-7-6-12-17-13(10-4-1-2-8-16-10)14(19-12)11-5-3-9-18-11/h1-5,8-9H,6-7,15H2. The fourth-order valence-corrected chi connectivity index (χ4v) is 3.79. The van der Waals surface area contributed by atoms with Crippen LogP contribution in [-0.4, -0.2) is 16.5 Å². The Morgan fingerprint density at radius 1 is 1.16 bits per heavy atom. The van der Waals surface area contributed by atoms with E-state index in [0.717, 1.165) is 22.8 Å². The van der Waals surface area contributed by atoms with Gasteiger partial charge in [-0.05, 0) is 30.1 Å². The molecular formula is C14H13N3S2. The highest BCUT2D eigenvalue weighted by atomic mass is 32.1. The van der Waals surface area contributed by atoms with Crippen LogP contribution in [0.15, 0.2) is 41.9 Å². The third-order valence-corrected chi connectivity index (χ3v) is 4.85. The highest BCUT2D eigenvalue weighted by Gasteiger charge is 2.15. The van der Waals surface area contributed by atoms with Crippen LogP contribution in [0.1, 0.15) is 5.01 Å². The van der Waals surface area contributed by atoms with E-state index in [9.17, 15) is 0 Å². The van der Waals surface area contributed by atoms with Crippen molar-refractivity contribution in [1.82, 2.24) is 9.97 Å². The van der Waals surface area contributed by atoms with E-state index in [4.69, 9.17) is 10.7 Å². The first kappa shape index (κ1) is 12.5. The van der Waals surface area contributed by atoms with E-state index < -0.39 is 0 Å². The van der Waals surface area contributed by atoms with Crippen LogP contribution in [0.4, 0.5) is 0 Å². The van der Waals surface area contributed by atoms with E-state index in [1.54, 1.807) is 28.9 Å². The van der Waals surface area contributed by atoms with Crippen molar-refractivity contribution in [3.8, 4) is 21.1 Å². The van der Waals surface area contributed by atoms with Crippen molar-refractivity contribution in [2.75, 3.05) is 6.54 Å². The minimum absolute atomic E-state index is 0.624. The van der Waals surface area contributed by atoms with Crippen LogP contribution >= 0.6 is 22.7 Å². The molecule has 0 atom stereocenters. The molecule has 3 nitrogen and oxygen atoms in total. The number of aromatic nitrogens is 2. The van der Waals surface area contributed by atoms with Gasteiger partial charge in [-0.15, -0.1) is 22.7 Å². The summed E-state index contributed by atoms with van der Waals surface area (Å²) in [6.45, 7) is 0.624. The summed E-state index contributed by atoms with van der Waals surface area (Å²) in [5.41, 5.74) is 7.52. The Balaban J connectivity index is 2.12. The van der Waals surface area contributed by atoms with E-state index >= 15 is 0 Å². The third kappa shape index (κ3) is 2.58. The number of thiophene rings is 1. The minimum atomic E-state index is 0.624. The first-order chi connectivity index (χ1) is 9.38.